The first-order valence-corrected chi connectivity index (χ1v) is 18.9. The zero-order valence-corrected chi connectivity index (χ0v) is 27.5. The summed E-state index contributed by atoms with van der Waals surface area (Å²) in [6.07, 6.45) is 22.3. The van der Waals surface area contributed by atoms with E-state index >= 15 is 0 Å². The van der Waals surface area contributed by atoms with E-state index in [-0.39, 0.29) is 18.6 Å². The van der Waals surface area contributed by atoms with Crippen LogP contribution in [0.5, 0.6) is 0 Å². The lowest BCUT2D eigenvalue weighted by atomic mass is 9.76. The first-order chi connectivity index (χ1) is 21.6. The molecule has 44 heavy (non-hydrogen) atoms. The van der Waals surface area contributed by atoms with Crippen molar-refractivity contribution in [3.8, 4) is 0 Å². The molecule has 0 N–H and O–H groups in total. The Balaban J connectivity index is 1.14. The summed E-state index contributed by atoms with van der Waals surface area (Å²) in [5, 5.41) is 0.702. The van der Waals surface area contributed by atoms with Gasteiger partial charge in [-0.15, -0.1) is 0 Å². The van der Waals surface area contributed by atoms with Crippen LogP contribution in [0.2, 0.25) is 0 Å². The van der Waals surface area contributed by atoms with Gasteiger partial charge in [-0.3, -0.25) is 0 Å². The predicted molar refractivity (Wildman–Crippen MR) is 180 cm³/mol. The highest BCUT2D eigenvalue weighted by molar-refractivity contribution is 8.04. The minimum Gasteiger partial charge on any atom is -0.465 e. The van der Waals surface area contributed by atoms with Crippen molar-refractivity contribution in [2.75, 3.05) is 4.90 Å². The Bertz CT molecular complexity index is 1650. The Morgan fingerprint density at radius 1 is 0.886 bits per heavy atom. The highest BCUT2D eigenvalue weighted by Crippen LogP contribution is 2.60. The van der Waals surface area contributed by atoms with Gasteiger partial charge in [-0.2, -0.15) is 0 Å². The summed E-state index contributed by atoms with van der Waals surface area (Å²) in [5.41, 5.74) is 11.9. The summed E-state index contributed by atoms with van der Waals surface area (Å²) in [6.45, 7) is 4.67. The molecule has 0 aromatic heterocycles. The fourth-order valence-electron chi connectivity index (χ4n) is 9.58. The predicted octanol–water partition coefficient (Wildman–Crippen LogP) is 9.47. The van der Waals surface area contributed by atoms with Gasteiger partial charge >= 0.3 is 0 Å². The zero-order chi connectivity index (χ0) is 29.1. The lowest BCUT2D eigenvalue weighted by Gasteiger charge is -2.55. The highest BCUT2D eigenvalue weighted by Gasteiger charge is 2.58. The molecule has 0 saturated carbocycles. The number of hydrogen-bond acceptors (Lipinski definition) is 6. The van der Waals surface area contributed by atoms with Gasteiger partial charge in [0.25, 0.3) is 0 Å². The summed E-state index contributed by atoms with van der Waals surface area (Å²) in [6, 6.07) is 7.06. The molecular weight excluding hydrogens is 581 g/mol. The number of benzene rings is 1. The molecule has 9 aliphatic rings. The summed E-state index contributed by atoms with van der Waals surface area (Å²) >= 11 is 4.25. The van der Waals surface area contributed by atoms with Crippen molar-refractivity contribution in [2.45, 2.75) is 119 Å². The van der Waals surface area contributed by atoms with E-state index in [0.29, 0.717) is 16.7 Å². The smallest absolute Gasteiger partial charge is 0.218 e. The molecule has 5 unspecified atom stereocenters. The van der Waals surface area contributed by atoms with E-state index in [0.717, 1.165) is 38.0 Å². The molecule has 0 spiro atoms. The second-order valence-electron chi connectivity index (χ2n) is 14.4. The molecule has 1 aromatic carbocycles. The van der Waals surface area contributed by atoms with Crippen molar-refractivity contribution in [3.63, 3.8) is 0 Å². The molecule has 1 saturated heterocycles. The van der Waals surface area contributed by atoms with E-state index < -0.39 is 0 Å². The molecule has 6 heteroatoms. The van der Waals surface area contributed by atoms with E-state index in [1.807, 2.05) is 0 Å². The lowest BCUT2D eigenvalue weighted by Crippen LogP contribution is -2.65. The van der Waals surface area contributed by atoms with Gasteiger partial charge in [0.15, 0.2) is 6.23 Å². The summed E-state index contributed by atoms with van der Waals surface area (Å²) < 4.78 is 15.1. The Morgan fingerprint density at radius 3 is 2.75 bits per heavy atom. The van der Waals surface area contributed by atoms with Gasteiger partial charge in [-0.1, -0.05) is 66.4 Å². The van der Waals surface area contributed by atoms with Crippen LogP contribution in [0.3, 0.4) is 0 Å². The maximum absolute atomic E-state index is 7.59. The Morgan fingerprint density at radius 2 is 1.80 bits per heavy atom. The van der Waals surface area contributed by atoms with Crippen molar-refractivity contribution in [3.05, 3.63) is 92.3 Å². The fourth-order valence-corrected chi connectivity index (χ4v) is 12.8. The van der Waals surface area contributed by atoms with Gasteiger partial charge in [0.2, 0.25) is 6.23 Å². The molecule has 0 bridgehead atoms. The molecule has 1 aromatic rings. The van der Waals surface area contributed by atoms with Crippen LogP contribution in [0.4, 0.5) is 5.69 Å². The molecule has 4 aliphatic heterocycles. The number of allylic oxidation sites excluding steroid dienone is 8. The fraction of sp³-hybridized carbons (Fsp3) is 0.526. The van der Waals surface area contributed by atoms with Crippen LogP contribution in [-0.4, -0.2) is 34.2 Å². The largest absolute Gasteiger partial charge is 0.465 e. The van der Waals surface area contributed by atoms with Gasteiger partial charge in [-0.05, 0) is 118 Å². The van der Waals surface area contributed by atoms with Crippen LogP contribution >= 0.6 is 23.5 Å². The van der Waals surface area contributed by atoms with E-state index in [1.165, 1.54) is 82.7 Å². The lowest BCUT2D eigenvalue weighted by molar-refractivity contribution is -0.165. The summed E-state index contributed by atoms with van der Waals surface area (Å²) in [4.78, 5) is 8.45. The van der Waals surface area contributed by atoms with Crippen LogP contribution in [0.25, 0.3) is 0 Å². The molecule has 1 fully saturated rings. The van der Waals surface area contributed by atoms with Gasteiger partial charge < -0.3 is 19.3 Å². The number of nitrogens with zero attached hydrogens (tertiary/aromatic N) is 2. The zero-order valence-electron chi connectivity index (χ0n) is 25.9. The Labute approximate surface area is 270 Å². The van der Waals surface area contributed by atoms with Crippen LogP contribution in [0.15, 0.2) is 91.6 Å². The van der Waals surface area contributed by atoms with Gasteiger partial charge in [0.05, 0.1) is 17.2 Å². The van der Waals surface area contributed by atoms with Crippen molar-refractivity contribution in [2.24, 2.45) is 11.8 Å². The highest BCUT2D eigenvalue weighted by atomic mass is 32.2. The number of rotatable bonds is 1. The van der Waals surface area contributed by atoms with Crippen LogP contribution in [-0.2, 0) is 9.47 Å². The topological polar surface area (TPSA) is 24.9 Å². The summed E-state index contributed by atoms with van der Waals surface area (Å²) in [7, 11) is 0. The second-order valence-corrected chi connectivity index (χ2v) is 16.8. The first-order valence-electron chi connectivity index (χ1n) is 17.2. The molecule has 5 aliphatic carbocycles. The SMILES string of the molecule is Cc1ccc2c(c1)N1C(S2)C2CCC3=C(C=CCC3)C2O[C@@H]1[C@H]1OC2=C(CCC3=C2CCC=C3)C2SC3=C(CCC(C)C3)N21. The average Bonchev–Trinajstić information content (AvgIpc) is 3.62. The van der Waals surface area contributed by atoms with E-state index in [2.05, 4.69) is 89.7 Å². The number of aryl methyl sites for hydroxylation is 1. The van der Waals surface area contributed by atoms with Crippen LogP contribution < -0.4 is 4.90 Å². The third-order valence-electron chi connectivity index (χ3n) is 11.7. The number of thioether (sulfide) groups is 2. The number of hydrogen-bond donors (Lipinski definition) is 0. The van der Waals surface area contributed by atoms with Gasteiger partial charge in [0.1, 0.15) is 11.1 Å². The third-order valence-corrected chi connectivity index (χ3v) is 14.6. The molecule has 4 heterocycles. The minimum absolute atomic E-state index is 0.135. The molecule has 10 rings (SSSR count). The molecule has 7 atom stereocenters. The maximum atomic E-state index is 7.59. The van der Waals surface area contributed by atoms with E-state index in [1.54, 1.807) is 16.2 Å². The van der Waals surface area contributed by atoms with Crippen molar-refractivity contribution in [1.29, 1.82) is 0 Å². The molecule has 0 radical (unpaired) electrons. The van der Waals surface area contributed by atoms with Crippen molar-refractivity contribution >= 4 is 29.2 Å². The third kappa shape index (κ3) is 3.89. The molecule has 0 amide bonds. The normalized spacial score (nSPS) is 36.7. The monoisotopic (exact) mass is 622 g/mol. The molecule has 228 valence electrons. The van der Waals surface area contributed by atoms with Gasteiger partial charge in [-0.25, -0.2) is 0 Å². The summed E-state index contributed by atoms with van der Waals surface area (Å²) in [5.74, 6) is 2.46. The second kappa shape index (κ2) is 10.1. The standard InChI is InChI=1S/C38H42N2O2S2/c1-21-12-18-31-30(19-21)40-36(42-34-26-10-6-4-8-24(26)14-16-28(34)38(40)43-31)35-39-29-17-11-22(2)20-32(29)44-37(39)27-15-13-23-7-3-5-9-25(23)33(27)41-35/h3,6-7,10,12,18-19,22,28,34-38H,4-5,8-9,11,13-17,20H2,1-2H3/t22?,28?,34?,35-,36-,37?,38?/m1/s1. The van der Waals surface area contributed by atoms with Crippen molar-refractivity contribution < 1.29 is 9.47 Å². The average molecular weight is 623 g/mol. The molecular formula is C38H42N2O2S2. The number of ether oxygens (including phenoxy) is 2. The van der Waals surface area contributed by atoms with E-state index in [4.69, 9.17) is 9.47 Å². The molecule has 4 nitrogen and oxygen atoms in total. The van der Waals surface area contributed by atoms with Gasteiger partial charge in [0, 0.05) is 27.0 Å². The van der Waals surface area contributed by atoms with E-state index in [9.17, 15) is 0 Å². The van der Waals surface area contributed by atoms with Crippen LogP contribution in [0.1, 0.15) is 83.1 Å². The van der Waals surface area contributed by atoms with Crippen LogP contribution in [0, 0.1) is 18.8 Å². The Hall–Kier alpha value is -2.28. The first kappa shape index (κ1) is 26.9. The number of anilines is 1. The number of fused-ring (bicyclic) bond motifs is 10. The maximum Gasteiger partial charge on any atom is 0.218 e. The van der Waals surface area contributed by atoms with Crippen molar-refractivity contribution in [1.82, 2.24) is 4.90 Å². The Kier molecular flexibility index (Phi) is 6.18. The quantitative estimate of drug-likeness (QED) is 0.309. The minimum atomic E-state index is -0.174.